The molecule has 0 bridgehead atoms. The van der Waals surface area contributed by atoms with Crippen molar-refractivity contribution < 1.29 is 4.74 Å². The number of hydrogen-bond acceptors (Lipinski definition) is 3. The molecule has 0 spiro atoms. The maximum Gasteiger partial charge on any atom is 0.191 e. The van der Waals surface area contributed by atoms with Crippen LogP contribution in [0.1, 0.15) is 16.7 Å². The van der Waals surface area contributed by atoms with Crippen LogP contribution in [-0.2, 0) is 13.0 Å². The summed E-state index contributed by atoms with van der Waals surface area (Å²) in [5.41, 5.74) is 3.58. The third-order valence-electron chi connectivity index (χ3n) is 3.82. The molecule has 0 unspecified atom stereocenters. The standard InChI is InChI=1S/C20H26N4O.HI/c1-4-13-25-19-8-6-5-7-18(19)15-24-20(21-3)23-12-10-17-9-11-22-14-16(17)2;/h4-9,11,14H,1,10,12-13,15H2,2-3H3,(H2,21,23,24);1H. The zero-order chi connectivity index (χ0) is 17.9. The van der Waals surface area contributed by atoms with Crippen LogP contribution in [0.4, 0.5) is 0 Å². The number of nitrogens with zero attached hydrogens (tertiary/aromatic N) is 2. The van der Waals surface area contributed by atoms with Crippen LogP contribution in [0.15, 0.2) is 60.4 Å². The van der Waals surface area contributed by atoms with E-state index in [-0.39, 0.29) is 24.0 Å². The first-order valence-electron chi connectivity index (χ1n) is 8.40. The van der Waals surface area contributed by atoms with E-state index >= 15 is 0 Å². The molecule has 26 heavy (non-hydrogen) atoms. The van der Waals surface area contributed by atoms with Crippen LogP contribution in [0, 0.1) is 6.92 Å². The van der Waals surface area contributed by atoms with Crippen molar-refractivity contribution in [1.82, 2.24) is 15.6 Å². The molecular formula is C20H27IN4O. The lowest BCUT2D eigenvalue weighted by Gasteiger charge is -2.14. The van der Waals surface area contributed by atoms with E-state index in [0.29, 0.717) is 13.2 Å². The van der Waals surface area contributed by atoms with Gasteiger partial charge in [0.15, 0.2) is 5.96 Å². The molecule has 1 aromatic carbocycles. The highest BCUT2D eigenvalue weighted by molar-refractivity contribution is 14.0. The first-order chi connectivity index (χ1) is 12.2. The maximum atomic E-state index is 5.68. The van der Waals surface area contributed by atoms with E-state index in [9.17, 15) is 0 Å². The number of rotatable bonds is 8. The lowest BCUT2D eigenvalue weighted by atomic mass is 10.1. The van der Waals surface area contributed by atoms with Crippen LogP contribution < -0.4 is 15.4 Å². The number of aliphatic imine (C=N–C) groups is 1. The second-order valence-electron chi connectivity index (χ2n) is 5.61. The fourth-order valence-corrected chi connectivity index (χ4v) is 2.44. The van der Waals surface area contributed by atoms with Gasteiger partial charge >= 0.3 is 0 Å². The molecule has 6 heteroatoms. The normalized spacial score (nSPS) is 10.6. The third-order valence-corrected chi connectivity index (χ3v) is 3.82. The molecular weight excluding hydrogens is 439 g/mol. The summed E-state index contributed by atoms with van der Waals surface area (Å²) in [5, 5.41) is 6.66. The van der Waals surface area contributed by atoms with E-state index in [1.165, 1.54) is 11.1 Å². The van der Waals surface area contributed by atoms with Gasteiger partial charge in [-0.05, 0) is 36.6 Å². The number of pyridine rings is 1. The molecule has 0 saturated carbocycles. The Labute approximate surface area is 173 Å². The number of para-hydroxylation sites is 1. The monoisotopic (exact) mass is 466 g/mol. The summed E-state index contributed by atoms with van der Waals surface area (Å²) < 4.78 is 5.68. The lowest BCUT2D eigenvalue weighted by Crippen LogP contribution is -2.38. The van der Waals surface area contributed by atoms with E-state index < -0.39 is 0 Å². The number of halogens is 1. The van der Waals surface area contributed by atoms with Crippen molar-refractivity contribution in [3.8, 4) is 5.75 Å². The summed E-state index contributed by atoms with van der Waals surface area (Å²) in [6, 6.07) is 10.0. The van der Waals surface area contributed by atoms with Gasteiger partial charge in [0.05, 0.1) is 0 Å². The molecule has 0 aliphatic rings. The molecule has 0 fully saturated rings. The lowest BCUT2D eigenvalue weighted by molar-refractivity contribution is 0.358. The minimum atomic E-state index is 0. The average Bonchev–Trinajstić information content (AvgIpc) is 2.65. The van der Waals surface area contributed by atoms with Crippen LogP contribution in [0.2, 0.25) is 0 Å². The number of aromatic nitrogens is 1. The van der Waals surface area contributed by atoms with Gasteiger partial charge in [0.2, 0.25) is 0 Å². The molecule has 0 atom stereocenters. The SMILES string of the molecule is C=CCOc1ccccc1CNC(=NC)NCCc1ccncc1C.I. The summed E-state index contributed by atoms with van der Waals surface area (Å²) in [5.74, 6) is 1.63. The van der Waals surface area contributed by atoms with Crippen LogP contribution in [0.3, 0.4) is 0 Å². The van der Waals surface area contributed by atoms with Crippen molar-refractivity contribution in [3.63, 3.8) is 0 Å². The van der Waals surface area contributed by atoms with Gasteiger partial charge in [-0.3, -0.25) is 9.98 Å². The summed E-state index contributed by atoms with van der Waals surface area (Å²) in [6.07, 6.45) is 6.39. The number of nitrogens with one attached hydrogen (secondary N) is 2. The Morgan fingerprint density at radius 1 is 1.23 bits per heavy atom. The van der Waals surface area contributed by atoms with Crippen molar-refractivity contribution >= 4 is 29.9 Å². The van der Waals surface area contributed by atoms with Crippen molar-refractivity contribution in [1.29, 1.82) is 0 Å². The number of aryl methyl sites for hydroxylation is 1. The van der Waals surface area contributed by atoms with Crippen molar-refractivity contribution in [2.24, 2.45) is 4.99 Å². The molecule has 1 heterocycles. The Hall–Kier alpha value is -2.09. The minimum Gasteiger partial charge on any atom is -0.489 e. The molecule has 0 saturated heterocycles. The molecule has 2 aromatic rings. The molecule has 5 nitrogen and oxygen atoms in total. The predicted molar refractivity (Wildman–Crippen MR) is 118 cm³/mol. The third kappa shape index (κ3) is 7.03. The van der Waals surface area contributed by atoms with Gasteiger partial charge in [-0.25, -0.2) is 0 Å². The van der Waals surface area contributed by atoms with Crippen molar-refractivity contribution in [2.45, 2.75) is 19.9 Å². The quantitative estimate of drug-likeness (QED) is 0.271. The van der Waals surface area contributed by atoms with Gasteiger partial charge in [-0.2, -0.15) is 0 Å². The first kappa shape index (κ1) is 22.0. The molecule has 0 aliphatic carbocycles. The van der Waals surface area contributed by atoms with Crippen molar-refractivity contribution in [3.05, 3.63) is 72.1 Å². The summed E-state index contributed by atoms with van der Waals surface area (Å²) in [4.78, 5) is 8.40. The van der Waals surface area contributed by atoms with Gasteiger partial charge in [0, 0.05) is 38.1 Å². The number of hydrogen-bond donors (Lipinski definition) is 2. The van der Waals surface area contributed by atoms with Gasteiger partial charge in [0.1, 0.15) is 12.4 Å². The van der Waals surface area contributed by atoms with Crippen LogP contribution >= 0.6 is 24.0 Å². The Balaban J connectivity index is 0.00000338. The Kier molecular flexibility index (Phi) is 10.4. The molecule has 0 radical (unpaired) electrons. The highest BCUT2D eigenvalue weighted by Crippen LogP contribution is 2.17. The fourth-order valence-electron chi connectivity index (χ4n) is 2.44. The highest BCUT2D eigenvalue weighted by Gasteiger charge is 2.04. The zero-order valence-electron chi connectivity index (χ0n) is 15.4. The molecule has 140 valence electrons. The topological polar surface area (TPSA) is 58.5 Å². The fraction of sp³-hybridized carbons (Fsp3) is 0.300. The number of ether oxygens (including phenoxy) is 1. The second-order valence-corrected chi connectivity index (χ2v) is 5.61. The minimum absolute atomic E-state index is 0. The van der Waals surface area contributed by atoms with Gasteiger partial charge < -0.3 is 15.4 Å². The van der Waals surface area contributed by atoms with E-state index in [4.69, 9.17) is 4.74 Å². The second kappa shape index (κ2) is 12.3. The highest BCUT2D eigenvalue weighted by atomic mass is 127. The summed E-state index contributed by atoms with van der Waals surface area (Å²) in [7, 11) is 1.77. The van der Waals surface area contributed by atoms with Gasteiger partial charge in [-0.1, -0.05) is 30.9 Å². The molecule has 2 rings (SSSR count). The smallest absolute Gasteiger partial charge is 0.191 e. The average molecular weight is 466 g/mol. The van der Waals surface area contributed by atoms with Crippen LogP contribution in [0.25, 0.3) is 0 Å². The predicted octanol–water partition coefficient (Wildman–Crippen LogP) is 3.48. The van der Waals surface area contributed by atoms with E-state index in [1.54, 1.807) is 13.1 Å². The van der Waals surface area contributed by atoms with E-state index in [1.807, 2.05) is 36.7 Å². The summed E-state index contributed by atoms with van der Waals surface area (Å²) >= 11 is 0. The van der Waals surface area contributed by atoms with Crippen molar-refractivity contribution in [2.75, 3.05) is 20.2 Å². The van der Waals surface area contributed by atoms with Gasteiger partial charge in [-0.15, -0.1) is 24.0 Å². The summed E-state index contributed by atoms with van der Waals surface area (Å²) in [6.45, 7) is 7.70. The molecule has 0 aliphatic heterocycles. The van der Waals surface area contributed by atoms with E-state index in [0.717, 1.165) is 30.2 Å². The van der Waals surface area contributed by atoms with Crippen LogP contribution in [0.5, 0.6) is 5.75 Å². The first-order valence-corrected chi connectivity index (χ1v) is 8.40. The number of benzene rings is 1. The Morgan fingerprint density at radius 2 is 2.04 bits per heavy atom. The largest absolute Gasteiger partial charge is 0.489 e. The van der Waals surface area contributed by atoms with Gasteiger partial charge in [0.25, 0.3) is 0 Å². The van der Waals surface area contributed by atoms with E-state index in [2.05, 4.69) is 40.2 Å². The molecule has 0 amide bonds. The Morgan fingerprint density at radius 3 is 2.77 bits per heavy atom. The Bertz CT molecular complexity index is 718. The maximum absolute atomic E-state index is 5.68. The molecule has 1 aromatic heterocycles. The number of guanidine groups is 1. The van der Waals surface area contributed by atoms with Crippen LogP contribution in [-0.4, -0.2) is 31.1 Å². The zero-order valence-corrected chi connectivity index (χ0v) is 17.7. The molecule has 2 N–H and O–H groups in total.